The van der Waals surface area contributed by atoms with Crippen molar-refractivity contribution in [3.8, 4) is 0 Å². The summed E-state index contributed by atoms with van der Waals surface area (Å²) < 4.78 is 22.7. The van der Waals surface area contributed by atoms with Gasteiger partial charge in [0.05, 0.1) is 17.9 Å². The zero-order valence-electron chi connectivity index (χ0n) is 10.5. The van der Waals surface area contributed by atoms with Crippen molar-refractivity contribution in [1.82, 2.24) is 10.6 Å². The van der Waals surface area contributed by atoms with Crippen molar-refractivity contribution in [2.24, 2.45) is 0 Å². The van der Waals surface area contributed by atoms with Crippen LogP contribution in [0.2, 0.25) is 0 Å². The molecule has 0 bridgehead atoms. The molecule has 2 atom stereocenters. The fourth-order valence-electron chi connectivity index (χ4n) is 1.90. The summed E-state index contributed by atoms with van der Waals surface area (Å²) in [6.07, 6.45) is 0.139. The quantitative estimate of drug-likeness (QED) is 0.497. The summed E-state index contributed by atoms with van der Waals surface area (Å²) >= 11 is 0. The fourth-order valence-corrected chi connectivity index (χ4v) is 3.53. The van der Waals surface area contributed by atoms with Crippen LogP contribution in [0.4, 0.5) is 4.79 Å². The van der Waals surface area contributed by atoms with E-state index in [1.54, 1.807) is 0 Å². The Morgan fingerprint density at radius 2 is 1.90 bits per heavy atom. The number of aliphatic carboxylic acids is 2. The largest absolute Gasteiger partial charge is 0.481 e. The van der Waals surface area contributed by atoms with Crippen molar-refractivity contribution in [3.05, 3.63) is 0 Å². The molecule has 0 aromatic rings. The highest BCUT2D eigenvalue weighted by atomic mass is 32.2. The molecule has 1 aliphatic heterocycles. The summed E-state index contributed by atoms with van der Waals surface area (Å²) in [5, 5.41) is 21.6. The van der Waals surface area contributed by atoms with Gasteiger partial charge in [-0.15, -0.1) is 0 Å². The van der Waals surface area contributed by atoms with E-state index < -0.39 is 46.3 Å². The molecule has 1 fully saturated rings. The van der Waals surface area contributed by atoms with Crippen molar-refractivity contribution in [2.75, 3.05) is 11.5 Å². The van der Waals surface area contributed by atoms with E-state index in [9.17, 15) is 22.8 Å². The molecule has 0 saturated carbocycles. The molecule has 1 unspecified atom stereocenters. The Bertz CT molecular complexity index is 502. The van der Waals surface area contributed by atoms with Crippen molar-refractivity contribution < 1.29 is 33.0 Å². The summed E-state index contributed by atoms with van der Waals surface area (Å²) in [6, 6.07) is -3.04. The Hall–Kier alpha value is -1.84. The van der Waals surface area contributed by atoms with Crippen molar-refractivity contribution in [2.45, 2.75) is 31.3 Å². The lowest BCUT2D eigenvalue weighted by Crippen LogP contribution is -2.52. The lowest BCUT2D eigenvalue weighted by atomic mass is 10.2. The third-order valence-corrected chi connectivity index (χ3v) is 4.60. The molecule has 0 radical (unpaired) electrons. The maximum absolute atomic E-state index is 11.5. The van der Waals surface area contributed by atoms with Gasteiger partial charge in [-0.25, -0.2) is 18.0 Å². The zero-order valence-corrected chi connectivity index (χ0v) is 11.4. The topological polar surface area (TPSA) is 150 Å². The molecule has 0 aromatic heterocycles. The molecule has 20 heavy (non-hydrogen) atoms. The number of rotatable bonds is 5. The van der Waals surface area contributed by atoms with Crippen molar-refractivity contribution in [3.63, 3.8) is 0 Å². The maximum Gasteiger partial charge on any atom is 0.326 e. The number of carboxylic acids is 2. The molecule has 114 valence electrons. The van der Waals surface area contributed by atoms with E-state index in [0.717, 1.165) is 0 Å². The zero-order chi connectivity index (χ0) is 15.3. The maximum atomic E-state index is 11.5. The molecular formula is C10H16N2O7S. The molecule has 9 nitrogen and oxygen atoms in total. The van der Waals surface area contributed by atoms with Gasteiger partial charge in [0.25, 0.3) is 0 Å². The molecule has 1 aliphatic rings. The first-order valence-corrected chi connectivity index (χ1v) is 7.74. The fraction of sp³-hybridized carbons (Fsp3) is 0.700. The number of sulfone groups is 1. The van der Waals surface area contributed by atoms with E-state index in [1.165, 1.54) is 0 Å². The lowest BCUT2D eigenvalue weighted by Gasteiger charge is -2.24. The molecule has 1 saturated heterocycles. The van der Waals surface area contributed by atoms with Crippen LogP contribution in [0.1, 0.15) is 19.3 Å². The number of carbonyl (C=O) groups is 3. The van der Waals surface area contributed by atoms with Gasteiger partial charge in [-0.1, -0.05) is 0 Å². The summed E-state index contributed by atoms with van der Waals surface area (Å²) in [5.41, 5.74) is 0. The summed E-state index contributed by atoms with van der Waals surface area (Å²) in [5.74, 6) is -2.96. The van der Waals surface area contributed by atoms with Crippen molar-refractivity contribution in [1.29, 1.82) is 0 Å². The molecule has 4 N–H and O–H groups in total. The van der Waals surface area contributed by atoms with Gasteiger partial charge < -0.3 is 20.8 Å². The van der Waals surface area contributed by atoms with Crippen molar-refractivity contribution >= 4 is 27.8 Å². The summed E-state index contributed by atoms with van der Waals surface area (Å²) in [7, 11) is -3.19. The predicted molar refractivity (Wildman–Crippen MR) is 67.0 cm³/mol. The van der Waals surface area contributed by atoms with Gasteiger partial charge in [0.1, 0.15) is 6.04 Å². The Morgan fingerprint density at radius 1 is 1.25 bits per heavy atom. The number of amides is 2. The minimum absolute atomic E-state index is 0.0730. The predicted octanol–water partition coefficient (Wildman–Crippen LogP) is -1.21. The number of hydrogen-bond donors (Lipinski definition) is 4. The van der Waals surface area contributed by atoms with Gasteiger partial charge >= 0.3 is 18.0 Å². The first kappa shape index (κ1) is 16.2. The molecular weight excluding hydrogens is 292 g/mol. The second kappa shape index (κ2) is 6.55. The van der Waals surface area contributed by atoms with Crippen LogP contribution in [0.3, 0.4) is 0 Å². The highest BCUT2D eigenvalue weighted by molar-refractivity contribution is 7.91. The second-order valence-corrected chi connectivity index (χ2v) is 6.79. The van der Waals surface area contributed by atoms with Crippen LogP contribution in [-0.4, -0.2) is 60.2 Å². The number of urea groups is 1. The number of carbonyl (C=O) groups excluding carboxylic acids is 1. The number of carboxylic acid groups (broad SMARTS) is 2. The van der Waals surface area contributed by atoms with E-state index in [4.69, 9.17) is 10.2 Å². The average Bonchev–Trinajstić information content (AvgIpc) is 2.25. The third kappa shape index (κ3) is 5.43. The van der Waals surface area contributed by atoms with Gasteiger partial charge in [-0.3, -0.25) is 4.79 Å². The van der Waals surface area contributed by atoms with E-state index >= 15 is 0 Å². The third-order valence-electron chi connectivity index (χ3n) is 2.78. The molecule has 2 amide bonds. The molecule has 1 rings (SSSR count). The van der Waals surface area contributed by atoms with Crippen LogP contribution in [0.15, 0.2) is 0 Å². The van der Waals surface area contributed by atoms with Crippen LogP contribution >= 0.6 is 0 Å². The standard InChI is InChI=1S/C10H16N2O7S/c13-8(14)4-7(9(15)16)12-10(17)11-6-2-1-3-20(18,19)5-6/h6-7H,1-5H2,(H,13,14)(H,15,16)(H2,11,12,17)/t6?,7-/m1/s1. The molecule has 1 heterocycles. The van der Waals surface area contributed by atoms with E-state index in [-0.39, 0.29) is 11.5 Å². The van der Waals surface area contributed by atoms with E-state index in [0.29, 0.717) is 12.8 Å². The highest BCUT2D eigenvalue weighted by Gasteiger charge is 2.28. The molecule has 0 spiro atoms. The van der Waals surface area contributed by atoms with Gasteiger partial charge in [0, 0.05) is 6.04 Å². The smallest absolute Gasteiger partial charge is 0.326 e. The van der Waals surface area contributed by atoms with Crippen LogP contribution < -0.4 is 10.6 Å². The van der Waals surface area contributed by atoms with Gasteiger partial charge in [-0.2, -0.15) is 0 Å². The first-order chi connectivity index (χ1) is 9.19. The minimum Gasteiger partial charge on any atom is -0.481 e. The second-order valence-electron chi connectivity index (χ2n) is 4.56. The Balaban J connectivity index is 2.53. The Kier molecular flexibility index (Phi) is 5.31. The van der Waals surface area contributed by atoms with Crippen LogP contribution in [0.5, 0.6) is 0 Å². The molecule has 10 heteroatoms. The molecule has 0 aromatic carbocycles. The van der Waals surface area contributed by atoms with Gasteiger partial charge in [0.15, 0.2) is 9.84 Å². The SMILES string of the molecule is O=C(O)C[C@@H](NC(=O)NC1CCCS(=O)(=O)C1)C(=O)O. The summed E-state index contributed by atoms with van der Waals surface area (Å²) in [4.78, 5) is 32.8. The van der Waals surface area contributed by atoms with Crippen LogP contribution in [0.25, 0.3) is 0 Å². The monoisotopic (exact) mass is 308 g/mol. The Labute approximate surface area is 115 Å². The normalized spacial score (nSPS) is 22.5. The van der Waals surface area contributed by atoms with Crippen LogP contribution in [-0.2, 0) is 19.4 Å². The van der Waals surface area contributed by atoms with Gasteiger partial charge in [0.2, 0.25) is 0 Å². The average molecular weight is 308 g/mol. The lowest BCUT2D eigenvalue weighted by molar-refractivity contribution is -0.145. The minimum atomic E-state index is -3.19. The van der Waals surface area contributed by atoms with E-state index in [1.807, 2.05) is 5.32 Å². The highest BCUT2D eigenvalue weighted by Crippen LogP contribution is 2.11. The first-order valence-electron chi connectivity index (χ1n) is 5.91. The van der Waals surface area contributed by atoms with Crippen LogP contribution in [0, 0.1) is 0 Å². The molecule has 0 aliphatic carbocycles. The number of hydrogen-bond acceptors (Lipinski definition) is 5. The van der Waals surface area contributed by atoms with E-state index in [2.05, 4.69) is 5.32 Å². The van der Waals surface area contributed by atoms with Gasteiger partial charge in [-0.05, 0) is 12.8 Å². The summed E-state index contributed by atoms with van der Waals surface area (Å²) in [6.45, 7) is 0. The Morgan fingerprint density at radius 3 is 2.40 bits per heavy atom. The number of nitrogens with one attached hydrogen (secondary N) is 2.